The van der Waals surface area contributed by atoms with Crippen LogP contribution in [0.5, 0.6) is 0 Å². The molecule has 0 aliphatic rings. The van der Waals surface area contributed by atoms with E-state index in [4.69, 9.17) is 0 Å². The van der Waals surface area contributed by atoms with Crippen LogP contribution < -0.4 is 0 Å². The van der Waals surface area contributed by atoms with Gasteiger partial charge >= 0.3 is 0 Å². The molecular formula is C12H27N. The van der Waals surface area contributed by atoms with Gasteiger partial charge in [0.05, 0.1) is 0 Å². The number of nitrogens with zero attached hydrogens (tertiary/aromatic N) is 1. The van der Waals surface area contributed by atoms with Gasteiger partial charge < -0.3 is 0 Å². The molecule has 1 unspecified atom stereocenters. The Morgan fingerprint density at radius 3 is 2.00 bits per heavy atom. The van der Waals surface area contributed by atoms with Crippen LogP contribution in [0.1, 0.15) is 60.3 Å². The zero-order chi connectivity index (χ0) is 10.3. The Bertz CT molecular complexity index is 110. The van der Waals surface area contributed by atoms with Crippen molar-refractivity contribution in [1.82, 2.24) is 4.90 Å². The molecule has 0 radical (unpaired) electrons. The van der Waals surface area contributed by atoms with Crippen molar-refractivity contribution >= 4 is 0 Å². The quantitative estimate of drug-likeness (QED) is 0.585. The molecule has 13 heavy (non-hydrogen) atoms. The molecule has 0 fully saturated rings. The molecule has 0 rings (SSSR count). The van der Waals surface area contributed by atoms with E-state index in [0.29, 0.717) is 6.04 Å². The molecule has 1 heteroatoms. The molecule has 0 amide bonds. The summed E-state index contributed by atoms with van der Waals surface area (Å²) < 4.78 is 0. The van der Waals surface area contributed by atoms with Crippen LogP contribution in [0.2, 0.25) is 0 Å². The second-order valence-electron chi connectivity index (χ2n) is 4.32. The number of rotatable bonds is 7. The largest absolute Gasteiger partial charge is 0.298 e. The van der Waals surface area contributed by atoms with E-state index in [1.807, 2.05) is 0 Å². The van der Waals surface area contributed by atoms with E-state index in [1.54, 1.807) is 0 Å². The van der Waals surface area contributed by atoms with Crippen LogP contribution in [-0.4, -0.2) is 23.5 Å². The van der Waals surface area contributed by atoms with Crippen LogP contribution in [0.4, 0.5) is 0 Å². The maximum atomic E-state index is 2.62. The van der Waals surface area contributed by atoms with Gasteiger partial charge in [-0.25, -0.2) is 0 Å². The molecule has 80 valence electrons. The highest BCUT2D eigenvalue weighted by atomic mass is 15.2. The van der Waals surface area contributed by atoms with Crippen molar-refractivity contribution in [2.24, 2.45) is 0 Å². The summed E-state index contributed by atoms with van der Waals surface area (Å²) in [4.78, 5) is 2.62. The van der Waals surface area contributed by atoms with Crippen molar-refractivity contribution < 1.29 is 0 Å². The van der Waals surface area contributed by atoms with Crippen molar-refractivity contribution in [1.29, 1.82) is 0 Å². The van der Waals surface area contributed by atoms with Gasteiger partial charge in [0.1, 0.15) is 0 Å². The lowest BCUT2D eigenvalue weighted by atomic mass is 10.1. The van der Waals surface area contributed by atoms with Gasteiger partial charge in [-0.3, -0.25) is 4.90 Å². The number of hydrogen-bond donors (Lipinski definition) is 0. The Morgan fingerprint density at radius 1 is 1.00 bits per heavy atom. The average molecular weight is 185 g/mol. The monoisotopic (exact) mass is 185 g/mol. The first-order valence-corrected chi connectivity index (χ1v) is 5.89. The molecule has 0 aliphatic heterocycles. The van der Waals surface area contributed by atoms with Crippen LogP contribution in [0.25, 0.3) is 0 Å². The van der Waals surface area contributed by atoms with Gasteiger partial charge in [-0.2, -0.15) is 0 Å². The predicted molar refractivity (Wildman–Crippen MR) is 61.1 cm³/mol. The third-order valence-corrected chi connectivity index (χ3v) is 2.69. The van der Waals surface area contributed by atoms with Gasteiger partial charge in [0.25, 0.3) is 0 Å². The van der Waals surface area contributed by atoms with E-state index in [-0.39, 0.29) is 0 Å². The molecule has 0 saturated carbocycles. The normalized spacial score (nSPS) is 14.1. The Hall–Kier alpha value is -0.0400. The Balaban J connectivity index is 3.87. The fourth-order valence-electron chi connectivity index (χ4n) is 1.91. The molecule has 0 saturated heterocycles. The minimum Gasteiger partial charge on any atom is -0.298 e. The van der Waals surface area contributed by atoms with Crippen LogP contribution in [0.3, 0.4) is 0 Å². The summed E-state index contributed by atoms with van der Waals surface area (Å²) in [5.41, 5.74) is 0. The molecule has 1 atom stereocenters. The third kappa shape index (κ3) is 5.30. The predicted octanol–water partition coefficient (Wildman–Crippen LogP) is 3.69. The van der Waals surface area contributed by atoms with Gasteiger partial charge in [-0.15, -0.1) is 0 Å². The van der Waals surface area contributed by atoms with E-state index in [9.17, 15) is 0 Å². The maximum Gasteiger partial charge on any atom is 0.00696 e. The molecule has 0 spiro atoms. The molecule has 0 aromatic rings. The van der Waals surface area contributed by atoms with E-state index < -0.39 is 0 Å². The summed E-state index contributed by atoms with van der Waals surface area (Å²) in [6, 6.07) is 1.46. The first-order valence-electron chi connectivity index (χ1n) is 5.89. The number of hydrogen-bond acceptors (Lipinski definition) is 1. The lowest BCUT2D eigenvalue weighted by molar-refractivity contribution is 0.154. The van der Waals surface area contributed by atoms with E-state index in [0.717, 1.165) is 6.04 Å². The minimum absolute atomic E-state index is 0.701. The van der Waals surface area contributed by atoms with Crippen LogP contribution >= 0.6 is 0 Å². The summed E-state index contributed by atoms with van der Waals surface area (Å²) in [6.07, 6.45) is 5.32. The van der Waals surface area contributed by atoms with Gasteiger partial charge in [-0.1, -0.05) is 26.7 Å². The van der Waals surface area contributed by atoms with Crippen molar-refractivity contribution in [2.45, 2.75) is 72.4 Å². The molecule has 0 N–H and O–H groups in total. The van der Waals surface area contributed by atoms with Gasteiger partial charge in [0, 0.05) is 12.1 Å². The molecule has 0 bridgehead atoms. The molecule has 0 heterocycles. The highest BCUT2D eigenvalue weighted by Gasteiger charge is 2.14. The van der Waals surface area contributed by atoms with Crippen LogP contribution in [0, 0.1) is 0 Å². The fourth-order valence-corrected chi connectivity index (χ4v) is 1.91. The van der Waals surface area contributed by atoms with Crippen molar-refractivity contribution in [3.63, 3.8) is 0 Å². The van der Waals surface area contributed by atoms with Crippen LogP contribution in [-0.2, 0) is 0 Å². The first kappa shape index (κ1) is 13.0. The van der Waals surface area contributed by atoms with Gasteiger partial charge in [0.15, 0.2) is 0 Å². The topological polar surface area (TPSA) is 3.24 Å². The summed E-state index contributed by atoms with van der Waals surface area (Å²) in [5.74, 6) is 0. The highest BCUT2D eigenvalue weighted by molar-refractivity contribution is 4.70. The molecule has 1 nitrogen and oxygen atoms in total. The first-order chi connectivity index (χ1) is 6.13. The Kier molecular flexibility index (Phi) is 7.35. The molecular weight excluding hydrogens is 158 g/mol. The third-order valence-electron chi connectivity index (χ3n) is 2.69. The zero-order valence-electron chi connectivity index (χ0n) is 10.1. The van der Waals surface area contributed by atoms with Crippen molar-refractivity contribution in [2.75, 3.05) is 6.54 Å². The maximum absolute atomic E-state index is 2.62. The van der Waals surface area contributed by atoms with E-state index >= 15 is 0 Å². The molecule has 0 aromatic heterocycles. The summed E-state index contributed by atoms with van der Waals surface area (Å²) >= 11 is 0. The summed E-state index contributed by atoms with van der Waals surface area (Å²) in [6.45, 7) is 12.8. The summed E-state index contributed by atoms with van der Waals surface area (Å²) in [7, 11) is 0. The van der Waals surface area contributed by atoms with Crippen molar-refractivity contribution in [3.05, 3.63) is 0 Å². The van der Waals surface area contributed by atoms with Gasteiger partial charge in [0.2, 0.25) is 0 Å². The van der Waals surface area contributed by atoms with E-state index in [1.165, 1.54) is 32.2 Å². The second-order valence-corrected chi connectivity index (χ2v) is 4.32. The Labute approximate surface area is 84.5 Å². The smallest absolute Gasteiger partial charge is 0.00696 e. The lowest BCUT2D eigenvalue weighted by Gasteiger charge is -2.32. The molecule has 0 aliphatic carbocycles. The Morgan fingerprint density at radius 2 is 1.62 bits per heavy atom. The van der Waals surface area contributed by atoms with Crippen molar-refractivity contribution in [3.8, 4) is 0 Å². The summed E-state index contributed by atoms with van der Waals surface area (Å²) in [5, 5.41) is 0. The van der Waals surface area contributed by atoms with Gasteiger partial charge in [-0.05, 0) is 40.2 Å². The highest BCUT2D eigenvalue weighted by Crippen LogP contribution is 2.12. The minimum atomic E-state index is 0.701. The average Bonchev–Trinajstić information content (AvgIpc) is 2.09. The number of unbranched alkanes of at least 4 members (excludes halogenated alkanes) is 1. The lowest BCUT2D eigenvalue weighted by Crippen LogP contribution is -2.39. The SMILES string of the molecule is CCCCC(C)N(CCC)C(C)C. The standard InChI is InChI=1S/C12H27N/c1-6-8-9-12(5)13(10-7-2)11(3)4/h11-12H,6-10H2,1-5H3. The van der Waals surface area contributed by atoms with Crippen LogP contribution in [0.15, 0.2) is 0 Å². The fraction of sp³-hybridized carbons (Fsp3) is 1.00. The molecule has 0 aromatic carbocycles. The zero-order valence-corrected chi connectivity index (χ0v) is 10.1. The van der Waals surface area contributed by atoms with E-state index in [2.05, 4.69) is 39.5 Å². The second kappa shape index (κ2) is 7.37.